The molecule has 0 radical (unpaired) electrons. The van der Waals surface area contributed by atoms with Crippen LogP contribution in [0.1, 0.15) is 34.3 Å². The minimum Gasteiger partial charge on any atom is -0.383 e. The maximum absolute atomic E-state index is 12.4. The molecular weight excluding hydrogens is 320 g/mol. The number of hydrogen-bond donors (Lipinski definition) is 2. The molecule has 6 nitrogen and oxygen atoms in total. The van der Waals surface area contributed by atoms with Crippen LogP contribution in [0.25, 0.3) is 0 Å². The van der Waals surface area contributed by atoms with E-state index in [4.69, 9.17) is 0 Å². The molecule has 2 aromatic carbocycles. The van der Waals surface area contributed by atoms with Crippen molar-refractivity contribution >= 4 is 11.6 Å². The number of nitrogens with zero attached hydrogens (tertiary/aromatic N) is 1. The van der Waals surface area contributed by atoms with Gasteiger partial charge >= 0.3 is 0 Å². The highest BCUT2D eigenvalue weighted by Gasteiger charge is 2.45. The summed E-state index contributed by atoms with van der Waals surface area (Å²) in [5.41, 5.74) is 0.276. The molecule has 0 bridgehead atoms. The molecule has 2 N–H and O–H groups in total. The van der Waals surface area contributed by atoms with Gasteiger partial charge in [-0.15, -0.1) is 0 Å². The van der Waals surface area contributed by atoms with Gasteiger partial charge in [0.15, 0.2) is 0 Å². The summed E-state index contributed by atoms with van der Waals surface area (Å²) in [6.45, 7) is 1.70. The van der Waals surface area contributed by atoms with Crippen LogP contribution in [-0.4, -0.2) is 22.5 Å². The van der Waals surface area contributed by atoms with Crippen LogP contribution >= 0.6 is 0 Å². The molecule has 0 spiro atoms. The Balaban J connectivity index is 1.77. The van der Waals surface area contributed by atoms with E-state index in [9.17, 15) is 20.0 Å². The van der Waals surface area contributed by atoms with Gasteiger partial charge in [0.25, 0.3) is 11.6 Å². The van der Waals surface area contributed by atoms with E-state index in [2.05, 4.69) is 5.32 Å². The van der Waals surface area contributed by atoms with Gasteiger partial charge in [0.2, 0.25) is 0 Å². The third-order valence-electron chi connectivity index (χ3n) is 4.71. The van der Waals surface area contributed by atoms with Crippen LogP contribution in [0.3, 0.4) is 0 Å². The van der Waals surface area contributed by atoms with Gasteiger partial charge < -0.3 is 10.4 Å². The van der Waals surface area contributed by atoms with Crippen LogP contribution < -0.4 is 5.32 Å². The summed E-state index contributed by atoms with van der Waals surface area (Å²) < 4.78 is 0. The number of amides is 1. The lowest BCUT2D eigenvalue weighted by atomic mass is 9.88. The number of carbonyl (C=O) groups excluding carboxylic acids is 1. The van der Waals surface area contributed by atoms with Crippen molar-refractivity contribution in [3.8, 4) is 0 Å². The first-order valence-corrected chi connectivity index (χ1v) is 8.23. The van der Waals surface area contributed by atoms with E-state index in [0.717, 1.165) is 18.4 Å². The summed E-state index contributed by atoms with van der Waals surface area (Å²) in [5, 5.41) is 24.8. The first-order valence-electron chi connectivity index (χ1n) is 8.23. The zero-order valence-corrected chi connectivity index (χ0v) is 13.9. The lowest BCUT2D eigenvalue weighted by Gasteiger charge is -2.29. The summed E-state index contributed by atoms with van der Waals surface area (Å²) >= 11 is 0. The largest absolute Gasteiger partial charge is 0.383 e. The maximum Gasteiger partial charge on any atom is 0.273 e. The molecule has 25 heavy (non-hydrogen) atoms. The number of nitro benzene ring substituents is 1. The number of aliphatic hydroxyl groups is 1. The third kappa shape index (κ3) is 3.53. The van der Waals surface area contributed by atoms with Crippen LogP contribution in [0.15, 0.2) is 48.5 Å². The average Bonchev–Trinajstić information content (AvgIpc) is 3.46. The van der Waals surface area contributed by atoms with E-state index in [1.807, 2.05) is 30.3 Å². The highest BCUT2D eigenvalue weighted by atomic mass is 16.6. The van der Waals surface area contributed by atoms with Gasteiger partial charge in [-0.1, -0.05) is 36.4 Å². The number of carbonyl (C=O) groups is 1. The Morgan fingerprint density at radius 1 is 1.28 bits per heavy atom. The zero-order chi connectivity index (χ0) is 18.0. The van der Waals surface area contributed by atoms with Crippen molar-refractivity contribution in [2.75, 3.05) is 6.54 Å². The number of rotatable bonds is 6. The molecule has 1 atom stereocenters. The van der Waals surface area contributed by atoms with Crippen LogP contribution in [0.5, 0.6) is 0 Å². The van der Waals surface area contributed by atoms with Crippen molar-refractivity contribution in [2.45, 2.75) is 25.4 Å². The Hall–Kier alpha value is -2.73. The van der Waals surface area contributed by atoms with Gasteiger partial charge in [-0.3, -0.25) is 14.9 Å². The first kappa shape index (κ1) is 17.1. The average molecular weight is 340 g/mol. The zero-order valence-electron chi connectivity index (χ0n) is 13.9. The highest BCUT2D eigenvalue weighted by Crippen LogP contribution is 2.45. The summed E-state index contributed by atoms with van der Waals surface area (Å²) in [5.74, 6) is -0.319. The van der Waals surface area contributed by atoms with Crippen molar-refractivity contribution < 1.29 is 14.8 Å². The second-order valence-electron chi connectivity index (χ2n) is 6.51. The highest BCUT2D eigenvalue weighted by molar-refractivity contribution is 5.95. The quantitative estimate of drug-likeness (QED) is 0.624. The molecule has 1 unspecified atom stereocenters. The van der Waals surface area contributed by atoms with E-state index >= 15 is 0 Å². The molecule has 130 valence electrons. The Labute approximate surface area is 145 Å². The molecule has 0 saturated heterocycles. The smallest absolute Gasteiger partial charge is 0.273 e. The fourth-order valence-electron chi connectivity index (χ4n) is 3.03. The summed E-state index contributed by atoms with van der Waals surface area (Å²) in [4.78, 5) is 22.9. The number of aryl methyl sites for hydroxylation is 1. The SMILES string of the molecule is Cc1ccc(C(=O)NCC(O)(c2ccccc2)C2CC2)cc1[N+](=O)[O-]. The lowest BCUT2D eigenvalue weighted by Crippen LogP contribution is -2.42. The van der Waals surface area contributed by atoms with Crippen molar-refractivity contribution in [1.29, 1.82) is 0 Å². The van der Waals surface area contributed by atoms with E-state index in [0.29, 0.717) is 5.56 Å². The normalized spacial score (nSPS) is 16.1. The van der Waals surface area contributed by atoms with Gasteiger partial charge in [-0.05, 0) is 37.3 Å². The Bertz CT molecular complexity index is 802. The number of benzene rings is 2. The Morgan fingerprint density at radius 2 is 1.96 bits per heavy atom. The van der Waals surface area contributed by atoms with Crippen LogP contribution in [0.2, 0.25) is 0 Å². The molecule has 2 aromatic rings. The molecule has 3 rings (SSSR count). The molecule has 1 fully saturated rings. The molecule has 0 heterocycles. The maximum atomic E-state index is 12.4. The molecule has 1 amide bonds. The van der Waals surface area contributed by atoms with Gasteiger partial charge in [-0.25, -0.2) is 0 Å². The number of hydrogen-bond acceptors (Lipinski definition) is 4. The molecule has 1 aliphatic carbocycles. The molecular formula is C19H20N2O4. The van der Waals surface area contributed by atoms with Gasteiger partial charge in [0, 0.05) is 17.2 Å². The van der Waals surface area contributed by atoms with Crippen molar-refractivity contribution in [3.05, 3.63) is 75.3 Å². The fraction of sp³-hybridized carbons (Fsp3) is 0.316. The lowest BCUT2D eigenvalue weighted by molar-refractivity contribution is -0.385. The minimum absolute atomic E-state index is 0.0716. The molecule has 1 saturated carbocycles. The Morgan fingerprint density at radius 3 is 2.56 bits per heavy atom. The van der Waals surface area contributed by atoms with E-state index in [1.165, 1.54) is 6.07 Å². The second-order valence-corrected chi connectivity index (χ2v) is 6.51. The monoisotopic (exact) mass is 340 g/mol. The standard InChI is InChI=1S/C19H20N2O4/c1-13-7-8-14(11-17(13)21(24)25)18(22)20-12-19(23,16-9-10-16)15-5-3-2-4-6-15/h2-8,11,16,23H,9-10,12H2,1H3,(H,20,22). The van der Waals surface area contributed by atoms with E-state index < -0.39 is 16.4 Å². The fourth-order valence-corrected chi connectivity index (χ4v) is 3.03. The van der Waals surface area contributed by atoms with Gasteiger partial charge in [0.1, 0.15) is 5.60 Å². The van der Waals surface area contributed by atoms with Crippen LogP contribution in [-0.2, 0) is 5.60 Å². The van der Waals surface area contributed by atoms with E-state index in [-0.39, 0.29) is 23.7 Å². The summed E-state index contributed by atoms with van der Waals surface area (Å²) in [6.07, 6.45) is 1.83. The van der Waals surface area contributed by atoms with E-state index in [1.54, 1.807) is 19.1 Å². The minimum atomic E-state index is -1.12. The molecule has 6 heteroatoms. The number of nitro groups is 1. The van der Waals surface area contributed by atoms with Gasteiger partial charge in [0.05, 0.1) is 11.5 Å². The van der Waals surface area contributed by atoms with Crippen LogP contribution in [0.4, 0.5) is 5.69 Å². The molecule has 0 aromatic heterocycles. The van der Waals surface area contributed by atoms with Gasteiger partial charge in [-0.2, -0.15) is 0 Å². The predicted molar refractivity (Wildman–Crippen MR) is 93.2 cm³/mol. The first-order chi connectivity index (χ1) is 11.9. The third-order valence-corrected chi connectivity index (χ3v) is 4.71. The summed E-state index contributed by atoms with van der Waals surface area (Å²) in [6, 6.07) is 13.7. The topological polar surface area (TPSA) is 92.5 Å². The number of nitrogens with one attached hydrogen (secondary N) is 1. The summed E-state index contributed by atoms with van der Waals surface area (Å²) in [7, 11) is 0. The van der Waals surface area contributed by atoms with Crippen molar-refractivity contribution in [2.24, 2.45) is 5.92 Å². The molecule has 1 aliphatic rings. The van der Waals surface area contributed by atoms with Crippen molar-refractivity contribution in [3.63, 3.8) is 0 Å². The second kappa shape index (κ2) is 6.64. The molecule has 0 aliphatic heterocycles. The van der Waals surface area contributed by atoms with Crippen LogP contribution in [0, 0.1) is 23.0 Å². The van der Waals surface area contributed by atoms with Crippen molar-refractivity contribution in [1.82, 2.24) is 5.32 Å². The Kier molecular flexibility index (Phi) is 4.55. The predicted octanol–water partition coefficient (Wildman–Crippen LogP) is 2.93.